The Morgan fingerprint density at radius 1 is 0.684 bits per heavy atom. The van der Waals surface area contributed by atoms with Gasteiger partial charge in [-0.2, -0.15) is 9.59 Å². The first-order valence-electron chi connectivity index (χ1n) is 5.54. The molecule has 0 heterocycles. The fourth-order valence-electron chi connectivity index (χ4n) is 1.41. The zero-order valence-electron chi connectivity index (χ0n) is 10.2. The van der Waals surface area contributed by atoms with Gasteiger partial charge in [-0.3, -0.25) is 0 Å². The van der Waals surface area contributed by atoms with Crippen LogP contribution in [0, 0.1) is 0 Å². The van der Waals surface area contributed by atoms with Gasteiger partial charge in [0.15, 0.2) is 0 Å². The van der Waals surface area contributed by atoms with Crippen LogP contribution in [0.4, 0.5) is 11.4 Å². The summed E-state index contributed by atoms with van der Waals surface area (Å²) in [5.74, 6) is 0. The van der Waals surface area contributed by atoms with E-state index in [0.717, 1.165) is 22.5 Å². The molecule has 4 N–H and O–H groups in total. The number of nitrogen functional groups attached to an aromatic ring is 2. The lowest BCUT2D eigenvalue weighted by molar-refractivity contribution is -0.191. The topological polar surface area (TPSA) is 86.2 Å². The molecule has 4 heteroatoms. The van der Waals surface area contributed by atoms with E-state index in [-0.39, 0.29) is 6.15 Å². The molecule has 0 atom stereocenters. The zero-order chi connectivity index (χ0) is 14.1. The normalized spacial score (nSPS) is 9.47. The summed E-state index contributed by atoms with van der Waals surface area (Å²) in [6.45, 7) is 0. The summed E-state index contributed by atoms with van der Waals surface area (Å²) in [4.78, 5) is 16.2. The van der Waals surface area contributed by atoms with Crippen LogP contribution in [0.3, 0.4) is 0 Å². The third kappa shape index (κ3) is 5.35. The average molecular weight is 254 g/mol. The van der Waals surface area contributed by atoms with Crippen molar-refractivity contribution >= 4 is 29.7 Å². The second-order valence-corrected chi connectivity index (χ2v) is 3.75. The number of hydrogen-bond donors (Lipinski definition) is 2. The van der Waals surface area contributed by atoms with Gasteiger partial charge in [-0.1, -0.05) is 36.4 Å². The molecule has 19 heavy (non-hydrogen) atoms. The van der Waals surface area contributed by atoms with E-state index in [1.54, 1.807) is 0 Å². The Bertz CT molecular complexity index is 519. The van der Waals surface area contributed by atoms with Crippen LogP contribution in [-0.2, 0) is 9.59 Å². The molecule has 2 rings (SSSR count). The number of hydrogen-bond acceptors (Lipinski definition) is 4. The lowest BCUT2D eigenvalue weighted by Gasteiger charge is -1.96. The van der Waals surface area contributed by atoms with Gasteiger partial charge < -0.3 is 11.5 Å². The molecule has 0 bridgehead atoms. The highest BCUT2D eigenvalue weighted by Gasteiger charge is 1.89. The highest BCUT2D eigenvalue weighted by Crippen LogP contribution is 2.11. The van der Waals surface area contributed by atoms with Gasteiger partial charge in [0.25, 0.3) is 0 Å². The van der Waals surface area contributed by atoms with E-state index >= 15 is 0 Å². The van der Waals surface area contributed by atoms with Gasteiger partial charge in [0.2, 0.25) is 0 Å². The molecule has 0 unspecified atom stereocenters. The van der Waals surface area contributed by atoms with Gasteiger partial charge in [-0.25, -0.2) is 0 Å². The van der Waals surface area contributed by atoms with Crippen LogP contribution >= 0.6 is 0 Å². The lowest BCUT2D eigenvalue weighted by atomic mass is 10.1. The second-order valence-electron chi connectivity index (χ2n) is 3.75. The summed E-state index contributed by atoms with van der Waals surface area (Å²) < 4.78 is 0. The maximum absolute atomic E-state index is 8.12. The van der Waals surface area contributed by atoms with E-state index in [4.69, 9.17) is 21.1 Å². The summed E-state index contributed by atoms with van der Waals surface area (Å²) in [5, 5.41) is 0. The largest absolute Gasteiger partial charge is 0.399 e. The van der Waals surface area contributed by atoms with Gasteiger partial charge >= 0.3 is 6.15 Å². The van der Waals surface area contributed by atoms with Gasteiger partial charge in [-0.15, -0.1) is 0 Å². The predicted octanol–water partition coefficient (Wildman–Crippen LogP) is 2.44. The van der Waals surface area contributed by atoms with Crippen molar-refractivity contribution in [2.24, 2.45) is 0 Å². The van der Waals surface area contributed by atoms with Gasteiger partial charge in [-0.05, 0) is 35.4 Å². The van der Waals surface area contributed by atoms with Crippen molar-refractivity contribution in [2.45, 2.75) is 0 Å². The number of benzene rings is 2. The monoisotopic (exact) mass is 254 g/mol. The Balaban J connectivity index is 0.000000550. The molecule has 4 nitrogen and oxygen atoms in total. The summed E-state index contributed by atoms with van der Waals surface area (Å²) in [5.41, 5.74) is 15.1. The molecular weight excluding hydrogens is 240 g/mol. The number of rotatable bonds is 2. The molecular formula is C15H14N2O2. The maximum atomic E-state index is 8.12. The van der Waals surface area contributed by atoms with E-state index < -0.39 is 0 Å². The van der Waals surface area contributed by atoms with Crippen molar-refractivity contribution in [2.75, 3.05) is 11.5 Å². The molecule has 2 aromatic carbocycles. The van der Waals surface area contributed by atoms with Crippen molar-refractivity contribution in [3.05, 3.63) is 59.7 Å². The van der Waals surface area contributed by atoms with Crippen molar-refractivity contribution in [3.63, 3.8) is 0 Å². The Labute approximate surface area is 111 Å². The lowest BCUT2D eigenvalue weighted by Crippen LogP contribution is -1.83. The standard InChI is InChI=1S/C14H14N2.CO2/c15-13-7-3-11(4-8-13)1-2-12-5-9-14(16)10-6-12;2-1-3/h1-10H,15-16H2;. The third-order valence-corrected chi connectivity index (χ3v) is 2.34. The SMILES string of the molecule is Nc1ccc(C=Cc2ccc(N)cc2)cc1.O=C=O. The molecule has 0 amide bonds. The number of carbonyl (C=O) groups excluding carboxylic acids is 2. The van der Waals surface area contributed by atoms with E-state index in [1.807, 2.05) is 60.7 Å². The molecule has 0 fully saturated rings. The van der Waals surface area contributed by atoms with E-state index in [1.165, 1.54) is 0 Å². The van der Waals surface area contributed by atoms with Crippen molar-refractivity contribution < 1.29 is 9.59 Å². The van der Waals surface area contributed by atoms with Crippen LogP contribution in [0.15, 0.2) is 48.5 Å². The molecule has 0 saturated heterocycles. The Hall–Kier alpha value is -2.84. The van der Waals surface area contributed by atoms with Crippen LogP contribution < -0.4 is 11.5 Å². The van der Waals surface area contributed by atoms with Crippen LogP contribution in [0.5, 0.6) is 0 Å². The number of nitrogens with two attached hydrogens (primary N) is 2. The summed E-state index contributed by atoms with van der Waals surface area (Å²) >= 11 is 0. The first-order chi connectivity index (χ1) is 9.15. The van der Waals surface area contributed by atoms with Gasteiger partial charge in [0.05, 0.1) is 0 Å². The molecule has 0 radical (unpaired) electrons. The minimum Gasteiger partial charge on any atom is -0.399 e. The highest BCUT2D eigenvalue weighted by molar-refractivity contribution is 5.70. The fourth-order valence-corrected chi connectivity index (χ4v) is 1.41. The Morgan fingerprint density at radius 2 is 0.947 bits per heavy atom. The molecule has 0 aromatic heterocycles. The van der Waals surface area contributed by atoms with Crippen LogP contribution in [0.2, 0.25) is 0 Å². The van der Waals surface area contributed by atoms with Gasteiger partial charge in [0.1, 0.15) is 0 Å². The molecule has 96 valence electrons. The van der Waals surface area contributed by atoms with E-state index in [9.17, 15) is 0 Å². The van der Waals surface area contributed by atoms with Crippen LogP contribution in [0.25, 0.3) is 12.2 Å². The maximum Gasteiger partial charge on any atom is 0.373 e. The van der Waals surface area contributed by atoms with Crippen molar-refractivity contribution in [3.8, 4) is 0 Å². The third-order valence-electron chi connectivity index (χ3n) is 2.34. The first kappa shape index (κ1) is 14.2. The minimum atomic E-state index is 0.250. The Morgan fingerprint density at radius 3 is 1.21 bits per heavy atom. The smallest absolute Gasteiger partial charge is 0.373 e. The molecule has 0 aliphatic carbocycles. The first-order valence-corrected chi connectivity index (χ1v) is 5.54. The second kappa shape index (κ2) is 7.48. The van der Waals surface area contributed by atoms with Crippen LogP contribution in [-0.4, -0.2) is 6.15 Å². The molecule has 0 spiro atoms. The minimum absolute atomic E-state index is 0.250. The van der Waals surface area contributed by atoms with Crippen LogP contribution in [0.1, 0.15) is 11.1 Å². The molecule has 2 aromatic rings. The molecule has 0 aliphatic rings. The summed E-state index contributed by atoms with van der Waals surface area (Å²) in [6.07, 6.45) is 4.34. The highest BCUT2D eigenvalue weighted by atomic mass is 16.2. The summed E-state index contributed by atoms with van der Waals surface area (Å²) in [7, 11) is 0. The van der Waals surface area contributed by atoms with Gasteiger partial charge in [0, 0.05) is 11.4 Å². The van der Waals surface area contributed by atoms with E-state index in [0.29, 0.717) is 0 Å². The quantitative estimate of drug-likeness (QED) is 0.636. The molecule has 0 aliphatic heterocycles. The number of anilines is 2. The predicted molar refractivity (Wildman–Crippen MR) is 75.6 cm³/mol. The fraction of sp³-hybridized carbons (Fsp3) is 0. The van der Waals surface area contributed by atoms with E-state index in [2.05, 4.69) is 0 Å². The Kier molecular flexibility index (Phi) is 5.60. The van der Waals surface area contributed by atoms with Crippen molar-refractivity contribution in [1.82, 2.24) is 0 Å². The average Bonchev–Trinajstić information content (AvgIpc) is 2.41. The van der Waals surface area contributed by atoms with Crippen molar-refractivity contribution in [1.29, 1.82) is 0 Å². The molecule has 0 saturated carbocycles. The summed E-state index contributed by atoms with van der Waals surface area (Å²) in [6, 6.07) is 15.5. The zero-order valence-corrected chi connectivity index (χ0v) is 10.2.